The summed E-state index contributed by atoms with van der Waals surface area (Å²) in [5.74, 6) is -1.41. The van der Waals surface area contributed by atoms with Gasteiger partial charge in [-0.2, -0.15) is 0 Å². The van der Waals surface area contributed by atoms with E-state index in [1.165, 1.54) is 13.0 Å². The average molecular weight is 289 g/mol. The predicted octanol–water partition coefficient (Wildman–Crippen LogP) is 3.08. The molecule has 0 radical (unpaired) electrons. The van der Waals surface area contributed by atoms with Gasteiger partial charge in [0.2, 0.25) is 5.91 Å². The molecule has 2 N–H and O–H groups in total. The Morgan fingerprint density at radius 1 is 1.33 bits per heavy atom. The van der Waals surface area contributed by atoms with E-state index < -0.39 is 17.4 Å². The van der Waals surface area contributed by atoms with Crippen LogP contribution in [0.25, 0.3) is 6.08 Å². The van der Waals surface area contributed by atoms with Crippen molar-refractivity contribution in [3.05, 3.63) is 41.0 Å². The van der Waals surface area contributed by atoms with Gasteiger partial charge in [0.05, 0.1) is 0 Å². The van der Waals surface area contributed by atoms with Crippen molar-refractivity contribution in [2.24, 2.45) is 0 Å². The molecule has 1 rings (SSSR count). The van der Waals surface area contributed by atoms with Gasteiger partial charge in [-0.05, 0) is 44.4 Å². The summed E-state index contributed by atoms with van der Waals surface area (Å²) < 4.78 is 0. The van der Waals surface area contributed by atoms with Gasteiger partial charge in [0.25, 0.3) is 0 Å². The topological polar surface area (TPSA) is 66.4 Å². The van der Waals surface area contributed by atoms with E-state index >= 15 is 0 Å². The fourth-order valence-electron chi connectivity index (χ4n) is 2.21. The molecule has 0 aliphatic heterocycles. The van der Waals surface area contributed by atoms with Crippen LogP contribution in [0, 0.1) is 13.8 Å². The first kappa shape index (κ1) is 17.0. The molecule has 0 aromatic heterocycles. The average Bonchev–Trinajstić information content (AvgIpc) is 2.37. The highest BCUT2D eigenvalue weighted by atomic mass is 16.4. The number of benzene rings is 1. The van der Waals surface area contributed by atoms with E-state index in [0.29, 0.717) is 12.8 Å². The van der Waals surface area contributed by atoms with Crippen molar-refractivity contribution in [2.45, 2.75) is 46.1 Å². The van der Waals surface area contributed by atoms with Crippen molar-refractivity contribution in [3.8, 4) is 0 Å². The third-order valence-electron chi connectivity index (χ3n) is 3.46. The van der Waals surface area contributed by atoms with E-state index in [1.807, 2.05) is 39.0 Å². The van der Waals surface area contributed by atoms with Crippen LogP contribution < -0.4 is 5.32 Å². The zero-order valence-corrected chi connectivity index (χ0v) is 13.1. The van der Waals surface area contributed by atoms with Crippen LogP contribution in [0.5, 0.6) is 0 Å². The number of hydrogen-bond acceptors (Lipinski definition) is 2. The van der Waals surface area contributed by atoms with Crippen LogP contribution >= 0.6 is 0 Å². The van der Waals surface area contributed by atoms with E-state index in [9.17, 15) is 14.7 Å². The second kappa shape index (κ2) is 7.07. The fourth-order valence-corrected chi connectivity index (χ4v) is 2.21. The molecule has 1 aromatic carbocycles. The first-order valence-corrected chi connectivity index (χ1v) is 7.09. The minimum absolute atomic E-state index is 0.394. The Morgan fingerprint density at radius 2 is 2.00 bits per heavy atom. The van der Waals surface area contributed by atoms with Gasteiger partial charge in [0.1, 0.15) is 5.54 Å². The summed E-state index contributed by atoms with van der Waals surface area (Å²) in [6.45, 7) is 7.40. The lowest BCUT2D eigenvalue weighted by Crippen LogP contribution is -2.51. The zero-order valence-electron chi connectivity index (χ0n) is 13.1. The molecule has 0 saturated carbocycles. The summed E-state index contributed by atoms with van der Waals surface area (Å²) >= 11 is 0. The summed E-state index contributed by atoms with van der Waals surface area (Å²) in [5, 5.41) is 11.8. The minimum Gasteiger partial charge on any atom is -0.480 e. The normalized spacial score (nSPS) is 13.9. The van der Waals surface area contributed by atoms with Crippen LogP contribution in [0.3, 0.4) is 0 Å². The number of nitrogens with one attached hydrogen (secondary N) is 1. The molecule has 114 valence electrons. The van der Waals surface area contributed by atoms with Crippen LogP contribution in [0.4, 0.5) is 0 Å². The molecular weight excluding hydrogens is 266 g/mol. The number of amides is 1. The molecule has 0 heterocycles. The third kappa shape index (κ3) is 4.74. The largest absolute Gasteiger partial charge is 0.480 e. The number of rotatable bonds is 6. The monoisotopic (exact) mass is 289 g/mol. The number of carbonyl (C=O) groups is 2. The molecular formula is C17H23NO3. The lowest BCUT2D eigenvalue weighted by atomic mass is 9.96. The van der Waals surface area contributed by atoms with E-state index in [2.05, 4.69) is 5.32 Å². The highest BCUT2D eigenvalue weighted by molar-refractivity contribution is 5.95. The first-order chi connectivity index (χ1) is 9.78. The third-order valence-corrected chi connectivity index (χ3v) is 3.46. The standard InChI is InChI=1S/C17H23NO3/c1-5-10-17(4,16(20)21)18-15(19)9-8-14-7-6-12(2)11-13(14)3/h6-9,11H,5,10H2,1-4H3,(H,18,19)(H,20,21)/b9-8+. The summed E-state index contributed by atoms with van der Waals surface area (Å²) in [7, 11) is 0. The Bertz CT molecular complexity index is 563. The van der Waals surface area contributed by atoms with Crippen molar-refractivity contribution in [1.29, 1.82) is 0 Å². The molecule has 0 aliphatic rings. The zero-order chi connectivity index (χ0) is 16.0. The molecule has 1 amide bonds. The van der Waals surface area contributed by atoms with Crippen LogP contribution in [0.1, 0.15) is 43.4 Å². The molecule has 0 aliphatic carbocycles. The Kier molecular flexibility index (Phi) is 5.70. The van der Waals surface area contributed by atoms with E-state index in [-0.39, 0.29) is 0 Å². The quantitative estimate of drug-likeness (QED) is 0.791. The van der Waals surface area contributed by atoms with Crippen LogP contribution in [-0.2, 0) is 9.59 Å². The van der Waals surface area contributed by atoms with Crippen molar-refractivity contribution in [1.82, 2.24) is 5.32 Å². The van der Waals surface area contributed by atoms with Crippen LogP contribution in [0.15, 0.2) is 24.3 Å². The van der Waals surface area contributed by atoms with Gasteiger partial charge in [-0.15, -0.1) is 0 Å². The lowest BCUT2D eigenvalue weighted by Gasteiger charge is -2.24. The maximum Gasteiger partial charge on any atom is 0.329 e. The van der Waals surface area contributed by atoms with Crippen molar-refractivity contribution < 1.29 is 14.7 Å². The van der Waals surface area contributed by atoms with Crippen molar-refractivity contribution in [2.75, 3.05) is 0 Å². The summed E-state index contributed by atoms with van der Waals surface area (Å²) in [6, 6.07) is 5.95. The molecule has 0 fully saturated rings. The second-order valence-corrected chi connectivity index (χ2v) is 5.57. The molecule has 0 saturated heterocycles. The number of aryl methyl sites for hydroxylation is 2. The van der Waals surface area contributed by atoms with Gasteiger partial charge in [0.15, 0.2) is 0 Å². The molecule has 21 heavy (non-hydrogen) atoms. The number of carboxylic acids is 1. The molecule has 0 bridgehead atoms. The second-order valence-electron chi connectivity index (χ2n) is 5.57. The molecule has 1 aromatic rings. The highest BCUT2D eigenvalue weighted by Gasteiger charge is 2.33. The van der Waals surface area contributed by atoms with Gasteiger partial charge in [-0.25, -0.2) is 4.79 Å². The van der Waals surface area contributed by atoms with Crippen LogP contribution in [0.2, 0.25) is 0 Å². The molecule has 1 atom stereocenters. The Labute approximate surface area is 125 Å². The summed E-state index contributed by atoms with van der Waals surface area (Å²) in [6.07, 6.45) is 4.17. The van der Waals surface area contributed by atoms with E-state index in [4.69, 9.17) is 0 Å². The van der Waals surface area contributed by atoms with Gasteiger partial charge in [0, 0.05) is 6.08 Å². The van der Waals surface area contributed by atoms with Gasteiger partial charge >= 0.3 is 5.97 Å². The minimum atomic E-state index is -1.22. The van der Waals surface area contributed by atoms with Gasteiger partial charge < -0.3 is 10.4 Å². The number of hydrogen-bond donors (Lipinski definition) is 2. The highest BCUT2D eigenvalue weighted by Crippen LogP contribution is 2.14. The maximum atomic E-state index is 11.9. The number of carboxylic acid groups (broad SMARTS) is 1. The Morgan fingerprint density at radius 3 is 2.52 bits per heavy atom. The van der Waals surface area contributed by atoms with Gasteiger partial charge in [-0.3, -0.25) is 4.79 Å². The molecule has 0 spiro atoms. The maximum absolute atomic E-state index is 11.9. The van der Waals surface area contributed by atoms with Crippen LogP contribution in [-0.4, -0.2) is 22.5 Å². The summed E-state index contributed by atoms with van der Waals surface area (Å²) in [5.41, 5.74) is 1.96. The molecule has 4 heteroatoms. The molecule has 1 unspecified atom stereocenters. The summed E-state index contributed by atoms with van der Waals surface area (Å²) in [4.78, 5) is 23.2. The smallest absolute Gasteiger partial charge is 0.329 e. The van der Waals surface area contributed by atoms with Gasteiger partial charge in [-0.1, -0.05) is 37.1 Å². The SMILES string of the molecule is CCCC(C)(NC(=O)/C=C/c1ccc(C)cc1C)C(=O)O. The van der Waals surface area contributed by atoms with Crippen molar-refractivity contribution in [3.63, 3.8) is 0 Å². The van der Waals surface area contributed by atoms with E-state index in [1.54, 1.807) is 6.08 Å². The number of carbonyl (C=O) groups excluding carboxylic acids is 1. The predicted molar refractivity (Wildman–Crippen MR) is 84.0 cm³/mol. The lowest BCUT2D eigenvalue weighted by molar-refractivity contribution is -0.146. The fraction of sp³-hybridized carbons (Fsp3) is 0.412. The van der Waals surface area contributed by atoms with Crippen molar-refractivity contribution >= 4 is 18.0 Å². The Hall–Kier alpha value is -2.10. The molecule has 4 nitrogen and oxygen atoms in total. The first-order valence-electron chi connectivity index (χ1n) is 7.09. The Balaban J connectivity index is 2.80. The number of aliphatic carboxylic acids is 1. The van der Waals surface area contributed by atoms with E-state index in [0.717, 1.165) is 16.7 Å².